The molecular weight excluding hydrogens is 576 g/mol. The average molecular weight is 598 g/mol. The monoisotopic (exact) mass is 596 g/mol. The molecule has 1 unspecified atom stereocenters. The first kappa shape index (κ1) is 26.9. The summed E-state index contributed by atoms with van der Waals surface area (Å²) in [5, 5.41) is -0.0500. The number of carbonyl (C=O) groups is 1. The highest BCUT2D eigenvalue weighted by molar-refractivity contribution is 7.91. The molecular formula is C24H22Cl3F3N2O4S. The van der Waals surface area contributed by atoms with Crippen LogP contribution in [0.3, 0.4) is 0 Å². The summed E-state index contributed by atoms with van der Waals surface area (Å²) < 4.78 is 72.4. The molecule has 5 rings (SSSR count). The van der Waals surface area contributed by atoms with Crippen LogP contribution in [0, 0.1) is 0 Å². The Balaban J connectivity index is 1.37. The first-order valence-corrected chi connectivity index (χ1v) is 14.5. The van der Waals surface area contributed by atoms with Gasteiger partial charge in [0.15, 0.2) is 9.84 Å². The van der Waals surface area contributed by atoms with E-state index >= 15 is 0 Å². The quantitative estimate of drug-likeness (QED) is 0.466. The molecule has 3 heterocycles. The number of hydrogen-bond donors (Lipinski definition) is 0. The topological polar surface area (TPSA) is 66.9 Å². The van der Waals surface area contributed by atoms with Crippen LogP contribution >= 0.6 is 34.8 Å². The molecule has 0 radical (unpaired) electrons. The number of anilines is 1. The van der Waals surface area contributed by atoms with Crippen LogP contribution in [0.4, 0.5) is 18.9 Å². The molecule has 0 aliphatic carbocycles. The number of nitrogens with zero attached hydrogens (tertiary/aromatic N) is 2. The van der Waals surface area contributed by atoms with E-state index in [9.17, 15) is 26.4 Å². The van der Waals surface area contributed by atoms with E-state index in [1.54, 1.807) is 11.0 Å². The van der Waals surface area contributed by atoms with Crippen molar-refractivity contribution in [2.75, 3.05) is 43.1 Å². The molecule has 2 aromatic carbocycles. The number of alkyl halides is 3. The number of ether oxygens (including phenoxy) is 1. The Morgan fingerprint density at radius 1 is 1.08 bits per heavy atom. The molecule has 200 valence electrons. The lowest BCUT2D eigenvalue weighted by molar-refractivity contribution is -0.184. The summed E-state index contributed by atoms with van der Waals surface area (Å²) in [6, 6.07) is 7.87. The Morgan fingerprint density at radius 2 is 1.73 bits per heavy atom. The van der Waals surface area contributed by atoms with Gasteiger partial charge in [0.25, 0.3) is 0 Å². The van der Waals surface area contributed by atoms with E-state index in [0.29, 0.717) is 5.69 Å². The van der Waals surface area contributed by atoms with Crippen molar-refractivity contribution in [2.24, 2.45) is 0 Å². The third-order valence-corrected chi connectivity index (χ3v) is 9.40. The zero-order chi connectivity index (χ0) is 27.0. The molecule has 37 heavy (non-hydrogen) atoms. The van der Waals surface area contributed by atoms with E-state index in [-0.39, 0.29) is 59.8 Å². The minimum Gasteiger partial charge on any atom is -0.370 e. The molecule has 2 fully saturated rings. The Kier molecular flexibility index (Phi) is 6.47. The molecule has 0 N–H and O–H groups in total. The first-order chi connectivity index (χ1) is 17.1. The summed E-state index contributed by atoms with van der Waals surface area (Å²) in [6.45, 7) is 0.552. The predicted octanol–water partition coefficient (Wildman–Crippen LogP) is 4.97. The fourth-order valence-electron chi connectivity index (χ4n) is 5.45. The summed E-state index contributed by atoms with van der Waals surface area (Å²) in [6.07, 6.45) is -3.73. The van der Waals surface area contributed by atoms with Crippen molar-refractivity contribution in [2.45, 2.75) is 30.2 Å². The Labute approximate surface area is 227 Å². The van der Waals surface area contributed by atoms with Gasteiger partial charge in [-0.25, -0.2) is 8.42 Å². The summed E-state index contributed by atoms with van der Waals surface area (Å²) in [5.74, 6) is -1.04. The van der Waals surface area contributed by atoms with Gasteiger partial charge in [0, 0.05) is 25.0 Å². The second-order valence-electron chi connectivity index (χ2n) is 9.95. The van der Waals surface area contributed by atoms with Crippen LogP contribution in [-0.4, -0.2) is 63.6 Å². The predicted molar refractivity (Wildman–Crippen MR) is 135 cm³/mol. The summed E-state index contributed by atoms with van der Waals surface area (Å²) in [7, 11) is -3.44. The fourth-order valence-corrected chi connectivity index (χ4v) is 6.68. The number of sulfone groups is 1. The van der Waals surface area contributed by atoms with E-state index < -0.39 is 38.7 Å². The van der Waals surface area contributed by atoms with Crippen molar-refractivity contribution in [3.05, 3.63) is 62.1 Å². The lowest BCUT2D eigenvalue weighted by atomic mass is 9.79. The minimum absolute atomic E-state index is 0.0133. The van der Waals surface area contributed by atoms with E-state index in [1.165, 1.54) is 17.0 Å². The van der Waals surface area contributed by atoms with Crippen molar-refractivity contribution >= 4 is 56.2 Å². The summed E-state index contributed by atoms with van der Waals surface area (Å²) in [5.41, 5.74) is -0.610. The van der Waals surface area contributed by atoms with Gasteiger partial charge < -0.3 is 14.5 Å². The molecule has 1 spiro atoms. The molecule has 0 saturated carbocycles. The second kappa shape index (κ2) is 8.91. The van der Waals surface area contributed by atoms with Crippen LogP contribution in [0.15, 0.2) is 30.3 Å². The number of rotatable bonds is 4. The maximum atomic E-state index is 14.5. The van der Waals surface area contributed by atoms with Crippen molar-refractivity contribution in [1.82, 2.24) is 4.90 Å². The van der Waals surface area contributed by atoms with Gasteiger partial charge >= 0.3 is 6.18 Å². The first-order valence-electron chi connectivity index (χ1n) is 11.3. The Bertz CT molecular complexity index is 1370. The van der Waals surface area contributed by atoms with Crippen molar-refractivity contribution in [3.8, 4) is 0 Å². The second-order valence-corrected chi connectivity index (χ2v) is 13.3. The average Bonchev–Trinajstić information content (AvgIpc) is 3.37. The number of fused-ring (bicyclic) bond motifs is 2. The SMILES string of the molecule is CS(=O)(=O)CC(=O)N1CC2(C1)OCc1cc(N3CCC(c4cc(Cl)c(Cl)c(Cl)c4)(C(F)(F)F)C3)ccc12. The van der Waals surface area contributed by atoms with Gasteiger partial charge in [0.1, 0.15) is 16.8 Å². The van der Waals surface area contributed by atoms with Crippen LogP contribution < -0.4 is 4.90 Å². The van der Waals surface area contributed by atoms with E-state index in [1.807, 2.05) is 12.1 Å². The number of likely N-dealkylation sites (tertiary alicyclic amines) is 1. The maximum Gasteiger partial charge on any atom is 0.400 e. The normalized spacial score (nSPS) is 22.9. The lowest BCUT2D eigenvalue weighted by Gasteiger charge is -2.47. The lowest BCUT2D eigenvalue weighted by Crippen LogP contribution is -2.62. The van der Waals surface area contributed by atoms with Crippen molar-refractivity contribution in [1.29, 1.82) is 0 Å². The number of amides is 1. The van der Waals surface area contributed by atoms with Crippen LogP contribution in [0.25, 0.3) is 0 Å². The molecule has 13 heteroatoms. The Morgan fingerprint density at radius 3 is 2.32 bits per heavy atom. The zero-order valence-corrected chi connectivity index (χ0v) is 22.6. The summed E-state index contributed by atoms with van der Waals surface area (Å²) in [4.78, 5) is 15.3. The number of carbonyl (C=O) groups excluding carboxylic acids is 1. The van der Waals surface area contributed by atoms with Gasteiger partial charge in [0.2, 0.25) is 5.91 Å². The number of hydrogen-bond acceptors (Lipinski definition) is 5. The molecule has 1 amide bonds. The van der Waals surface area contributed by atoms with Gasteiger partial charge in [-0.05, 0) is 47.4 Å². The highest BCUT2D eigenvalue weighted by atomic mass is 35.5. The molecule has 0 aromatic heterocycles. The smallest absolute Gasteiger partial charge is 0.370 e. The maximum absolute atomic E-state index is 14.5. The van der Waals surface area contributed by atoms with Gasteiger partial charge in [-0.15, -0.1) is 0 Å². The molecule has 6 nitrogen and oxygen atoms in total. The van der Waals surface area contributed by atoms with E-state index in [4.69, 9.17) is 39.5 Å². The molecule has 3 aliphatic heterocycles. The van der Waals surface area contributed by atoms with E-state index in [0.717, 1.165) is 17.4 Å². The molecule has 3 aliphatic rings. The van der Waals surface area contributed by atoms with Gasteiger partial charge in [-0.1, -0.05) is 40.9 Å². The fraction of sp³-hybridized carbons (Fsp3) is 0.458. The van der Waals surface area contributed by atoms with Crippen LogP contribution in [0.1, 0.15) is 23.1 Å². The van der Waals surface area contributed by atoms with Gasteiger partial charge in [0.05, 0.1) is 34.8 Å². The van der Waals surface area contributed by atoms with Crippen molar-refractivity contribution < 1.29 is 31.1 Å². The number of benzene rings is 2. The molecule has 2 saturated heterocycles. The largest absolute Gasteiger partial charge is 0.400 e. The van der Waals surface area contributed by atoms with Crippen molar-refractivity contribution in [3.63, 3.8) is 0 Å². The van der Waals surface area contributed by atoms with Gasteiger partial charge in [-0.2, -0.15) is 13.2 Å². The number of halogens is 6. The third kappa shape index (κ3) is 4.58. The molecule has 1 atom stereocenters. The Hall–Kier alpha value is -1.72. The highest BCUT2D eigenvalue weighted by Crippen LogP contribution is 2.51. The van der Waals surface area contributed by atoms with Crippen LogP contribution in [0.2, 0.25) is 15.1 Å². The zero-order valence-electron chi connectivity index (χ0n) is 19.5. The van der Waals surface area contributed by atoms with E-state index in [2.05, 4.69) is 0 Å². The standard InChI is InChI=1S/C24H22Cl3F3N2O4S/c1-37(34,35)10-20(33)32-12-23(13-32)17-3-2-16(6-14(17)9-36-23)31-5-4-22(11-31,24(28,29)30)15-7-18(25)21(27)19(26)8-15/h2-3,6-8H,4-5,9-13H2,1H3. The third-order valence-electron chi connectivity index (χ3n) is 7.43. The highest BCUT2D eigenvalue weighted by Gasteiger charge is 2.59. The summed E-state index contributed by atoms with van der Waals surface area (Å²) >= 11 is 18.1. The van der Waals surface area contributed by atoms with Crippen LogP contribution in [-0.2, 0) is 37.0 Å². The minimum atomic E-state index is -4.56. The van der Waals surface area contributed by atoms with Crippen LogP contribution in [0.5, 0.6) is 0 Å². The molecule has 2 aromatic rings. The molecule has 0 bridgehead atoms. The van der Waals surface area contributed by atoms with Gasteiger partial charge in [-0.3, -0.25) is 4.79 Å².